The predicted octanol–water partition coefficient (Wildman–Crippen LogP) is 12.0. The van der Waals surface area contributed by atoms with Crippen molar-refractivity contribution in [1.29, 1.82) is 0 Å². The highest BCUT2D eigenvalue weighted by molar-refractivity contribution is 6.74. The second kappa shape index (κ2) is 13.9. The van der Waals surface area contributed by atoms with Crippen LogP contribution < -0.4 is 4.74 Å². The van der Waals surface area contributed by atoms with E-state index in [4.69, 9.17) is 13.6 Å². The first-order valence-electron chi connectivity index (χ1n) is 17.7. The lowest BCUT2D eigenvalue weighted by molar-refractivity contribution is -0.0772. The van der Waals surface area contributed by atoms with Gasteiger partial charge in [0.15, 0.2) is 22.5 Å². The van der Waals surface area contributed by atoms with Crippen LogP contribution in [0, 0.1) is 22.7 Å². The van der Waals surface area contributed by atoms with Crippen LogP contribution in [0.4, 0.5) is 13.2 Å². The zero-order chi connectivity index (χ0) is 34.3. The maximum absolute atomic E-state index is 14.4. The van der Waals surface area contributed by atoms with E-state index in [0.717, 1.165) is 50.7 Å². The molecular weight excluding hydrogens is 618 g/mol. The average Bonchev–Trinajstić information content (AvgIpc) is 3.29. The summed E-state index contributed by atoms with van der Waals surface area (Å²) in [5, 5.41) is 0.147. The van der Waals surface area contributed by atoms with E-state index in [1.165, 1.54) is 17.5 Å². The van der Waals surface area contributed by atoms with Crippen LogP contribution in [0.1, 0.15) is 103 Å². The number of rotatable bonds is 13. The van der Waals surface area contributed by atoms with Crippen LogP contribution in [-0.4, -0.2) is 36.0 Å². The first-order chi connectivity index (χ1) is 21.3. The average molecular weight is 679 g/mol. The van der Waals surface area contributed by atoms with Gasteiger partial charge in [-0.3, -0.25) is 0 Å². The molecule has 0 radical (unpaired) electrons. The molecule has 0 heterocycles. The van der Waals surface area contributed by atoms with Gasteiger partial charge in [0.2, 0.25) is 0 Å². The van der Waals surface area contributed by atoms with Crippen molar-refractivity contribution in [2.45, 2.75) is 148 Å². The number of unbranched alkanes of at least 4 members (excludes halogenated alkanes) is 2. The lowest BCUT2D eigenvalue weighted by atomic mass is 9.44. The molecule has 2 fully saturated rings. The molecule has 0 aromatic heterocycles. The summed E-state index contributed by atoms with van der Waals surface area (Å²) in [6.07, 6.45) is 8.44. The van der Waals surface area contributed by atoms with E-state index in [1.54, 1.807) is 7.11 Å². The molecule has 1 aromatic rings. The van der Waals surface area contributed by atoms with Gasteiger partial charge in [-0.05, 0) is 135 Å². The highest BCUT2D eigenvalue weighted by Gasteiger charge is 2.64. The van der Waals surface area contributed by atoms with Gasteiger partial charge in [0.1, 0.15) is 11.9 Å². The molecule has 8 heteroatoms. The topological polar surface area (TPSA) is 27.7 Å². The van der Waals surface area contributed by atoms with Crippen LogP contribution in [0.25, 0.3) is 0 Å². The Morgan fingerprint density at radius 1 is 1.07 bits per heavy atom. The monoisotopic (exact) mass is 678 g/mol. The van der Waals surface area contributed by atoms with Gasteiger partial charge < -0.3 is 13.6 Å². The van der Waals surface area contributed by atoms with Crippen molar-refractivity contribution in [3.05, 3.63) is 53.9 Å². The Hall–Kier alpha value is -1.36. The second-order valence-electron chi connectivity index (χ2n) is 17.3. The second-order valence-corrected chi connectivity index (χ2v) is 26.5. The molecule has 0 saturated heterocycles. The molecule has 0 N–H and O–H groups in total. The fraction of sp³-hybridized carbons (Fsp3) is 0.737. The Morgan fingerprint density at radius 2 is 1.76 bits per heavy atom. The van der Waals surface area contributed by atoms with E-state index in [2.05, 4.69) is 71.6 Å². The fourth-order valence-corrected chi connectivity index (χ4v) is 11.7. The summed E-state index contributed by atoms with van der Waals surface area (Å²) in [4.78, 5) is 0. The molecule has 0 aliphatic heterocycles. The van der Waals surface area contributed by atoms with Gasteiger partial charge in [0, 0.05) is 0 Å². The number of benzene rings is 1. The smallest absolute Gasteiger partial charge is 0.304 e. The van der Waals surface area contributed by atoms with Crippen molar-refractivity contribution in [1.82, 2.24) is 0 Å². The highest BCUT2D eigenvalue weighted by atomic mass is 28.4. The third kappa shape index (κ3) is 7.45. The number of fused-ring (bicyclic) bond motifs is 5. The third-order valence-corrected chi connectivity index (χ3v) is 17.8. The zero-order valence-electron chi connectivity index (χ0n) is 30.3. The van der Waals surface area contributed by atoms with Crippen molar-refractivity contribution in [3.63, 3.8) is 0 Å². The highest BCUT2D eigenvalue weighted by Crippen LogP contribution is 2.70. The van der Waals surface area contributed by atoms with E-state index in [9.17, 15) is 13.2 Å². The van der Waals surface area contributed by atoms with Crippen LogP contribution in [0.15, 0.2) is 42.8 Å². The summed E-state index contributed by atoms with van der Waals surface area (Å²) in [6.45, 7) is 24.5. The quantitative estimate of drug-likeness (QED) is 0.118. The lowest BCUT2D eigenvalue weighted by Gasteiger charge is -2.61. The van der Waals surface area contributed by atoms with Crippen LogP contribution in [-0.2, 0) is 15.3 Å². The van der Waals surface area contributed by atoms with Crippen molar-refractivity contribution in [2.75, 3.05) is 7.11 Å². The minimum Gasteiger partial charge on any atom is -0.497 e. The Labute approximate surface area is 280 Å². The Bertz CT molecular complexity index is 1260. The maximum atomic E-state index is 14.4. The number of aryl methyl sites for hydroxylation is 1. The number of halogens is 3. The Morgan fingerprint density at radius 3 is 2.35 bits per heavy atom. The first-order valence-corrected chi connectivity index (χ1v) is 24.0. The van der Waals surface area contributed by atoms with Crippen molar-refractivity contribution in [2.24, 2.45) is 22.7 Å². The molecule has 3 nitrogen and oxygen atoms in total. The fourth-order valence-electron chi connectivity index (χ4n) is 9.21. The predicted molar refractivity (Wildman–Crippen MR) is 189 cm³/mol. The molecule has 46 heavy (non-hydrogen) atoms. The van der Waals surface area contributed by atoms with Gasteiger partial charge in [-0.15, -0.1) is 6.58 Å². The number of hydrogen-bond acceptors (Lipinski definition) is 3. The van der Waals surface area contributed by atoms with Crippen LogP contribution >= 0.6 is 0 Å². The molecule has 0 amide bonds. The summed E-state index contributed by atoms with van der Waals surface area (Å²) >= 11 is 0. The molecule has 4 rings (SSSR count). The number of allylic oxidation sites excluding steroid dienone is 1. The van der Waals surface area contributed by atoms with Gasteiger partial charge in [-0.1, -0.05) is 59.1 Å². The molecule has 3 aliphatic carbocycles. The maximum Gasteiger partial charge on any atom is 0.304 e. The molecular formula is C38H61F3O3Si2. The summed E-state index contributed by atoms with van der Waals surface area (Å²) in [6, 6.07) is 6.66. The van der Waals surface area contributed by atoms with Crippen molar-refractivity contribution < 1.29 is 26.8 Å². The molecule has 3 aliphatic rings. The first kappa shape index (κ1) is 37.5. The molecule has 1 aromatic carbocycles. The van der Waals surface area contributed by atoms with Gasteiger partial charge in [-0.2, -0.15) is 8.78 Å². The van der Waals surface area contributed by atoms with Crippen LogP contribution in [0.2, 0.25) is 37.8 Å². The van der Waals surface area contributed by atoms with E-state index in [-0.39, 0.29) is 28.4 Å². The van der Waals surface area contributed by atoms with E-state index < -0.39 is 34.6 Å². The van der Waals surface area contributed by atoms with Gasteiger partial charge >= 0.3 is 6.08 Å². The Balaban J connectivity index is 1.61. The minimum absolute atomic E-state index is 0.00631. The van der Waals surface area contributed by atoms with Crippen molar-refractivity contribution >= 4 is 16.6 Å². The number of ether oxygens (including phenoxy) is 1. The van der Waals surface area contributed by atoms with Gasteiger partial charge in [0.25, 0.3) is 0 Å². The number of hydrogen-bond donors (Lipinski definition) is 0. The van der Waals surface area contributed by atoms with Crippen LogP contribution in [0.5, 0.6) is 5.75 Å². The molecule has 0 bridgehead atoms. The van der Waals surface area contributed by atoms with Gasteiger partial charge in [-0.25, -0.2) is 4.39 Å². The summed E-state index contributed by atoms with van der Waals surface area (Å²) < 4.78 is 59.6. The molecule has 7 atom stereocenters. The zero-order valence-corrected chi connectivity index (χ0v) is 32.3. The summed E-state index contributed by atoms with van der Waals surface area (Å²) in [5.74, 6) is 0.825. The summed E-state index contributed by atoms with van der Waals surface area (Å²) in [5.41, 5.74) is 2.89. The van der Waals surface area contributed by atoms with Crippen molar-refractivity contribution in [3.8, 4) is 5.75 Å². The molecule has 0 spiro atoms. The van der Waals surface area contributed by atoms with Gasteiger partial charge in [0.05, 0.1) is 13.2 Å². The normalized spacial score (nSPS) is 30.2. The van der Waals surface area contributed by atoms with E-state index >= 15 is 0 Å². The molecule has 260 valence electrons. The molecule has 2 saturated carbocycles. The van der Waals surface area contributed by atoms with E-state index in [0.29, 0.717) is 24.2 Å². The standard InChI is InChI=1S/C38H61F3O3Si2/c1-12-38-23-22-26-24-28(42-6)18-19-29(26)33(38)27(16-14-13-15-17-30(34(39)35(40)41)43-45(7,8)9)25-37(5)31(38)20-21-32(37)44-46(10,11)36(2,3)4/h12,18-19,24,27,30-33H,1,13-17,20-23,25H2,2-11H3/t27-,30+,31+,32-,33+,37-,38+/m0/s1. The number of methoxy groups -OCH3 is 1. The molecule has 0 unspecified atom stereocenters. The van der Waals surface area contributed by atoms with Crippen LogP contribution in [0.3, 0.4) is 0 Å². The lowest BCUT2D eigenvalue weighted by Crippen LogP contribution is -2.56. The summed E-state index contributed by atoms with van der Waals surface area (Å²) in [7, 11) is -2.43. The third-order valence-electron chi connectivity index (χ3n) is 12.3. The van der Waals surface area contributed by atoms with E-state index in [1.807, 2.05) is 19.6 Å². The largest absolute Gasteiger partial charge is 0.497 e. The Kier molecular flexibility index (Phi) is 11.3. The SMILES string of the molecule is C=C[C@]12CCc3cc(OC)ccc3[C@H]1[C@@H](CCCCC[C@@H](O[Si](C)(C)C)C(F)=C(F)F)C[C@]1(C)[C@@H](O[Si](C)(C)C(C)(C)C)CC[C@H]12. The minimum atomic E-state index is -2.26.